The lowest BCUT2D eigenvalue weighted by Gasteiger charge is -2.21. The van der Waals surface area contributed by atoms with Crippen LogP contribution in [0.2, 0.25) is 0 Å². The van der Waals surface area contributed by atoms with Crippen molar-refractivity contribution < 1.29 is 0 Å². The van der Waals surface area contributed by atoms with Gasteiger partial charge in [0.05, 0.1) is 5.69 Å². The Hall–Kier alpha value is -1.95. The molecule has 2 aromatic rings. The second-order valence-electron chi connectivity index (χ2n) is 7.48. The third-order valence-electron chi connectivity index (χ3n) is 5.43. The topological polar surface area (TPSA) is 45.5 Å². The van der Waals surface area contributed by atoms with Gasteiger partial charge in [-0.1, -0.05) is 18.2 Å². The van der Waals surface area contributed by atoms with Crippen LogP contribution in [0.25, 0.3) is 0 Å². The first-order valence-electron chi connectivity index (χ1n) is 10.3. The molecule has 5 nitrogen and oxygen atoms in total. The molecule has 0 bridgehead atoms. The number of likely N-dealkylation sites (tertiary alicyclic amines) is 1. The third kappa shape index (κ3) is 5.31. The lowest BCUT2D eigenvalue weighted by Crippen LogP contribution is -2.40. The molecule has 1 atom stereocenters. The van der Waals surface area contributed by atoms with Gasteiger partial charge in [-0.15, -0.1) is 11.8 Å². The summed E-state index contributed by atoms with van der Waals surface area (Å²) in [6.45, 7) is 10.3. The summed E-state index contributed by atoms with van der Waals surface area (Å²) in [5.74, 6) is 2.96. The number of thioether (sulfide) groups is 1. The van der Waals surface area contributed by atoms with Gasteiger partial charge in [0.1, 0.15) is 0 Å². The number of aliphatic imine (C=N–C) groups is 1. The molecule has 1 aliphatic heterocycles. The summed E-state index contributed by atoms with van der Waals surface area (Å²) >= 11 is 1.97. The molecule has 1 N–H and O–H groups in total. The molecule has 3 rings (SSSR count). The molecular weight excluding hydrogens is 366 g/mol. The van der Waals surface area contributed by atoms with Crippen molar-refractivity contribution in [2.24, 2.45) is 18.0 Å². The number of aryl methyl sites for hydroxylation is 2. The summed E-state index contributed by atoms with van der Waals surface area (Å²) in [5, 5.41) is 8.01. The van der Waals surface area contributed by atoms with Gasteiger partial charge < -0.3 is 10.2 Å². The molecule has 152 valence electrons. The molecule has 28 heavy (non-hydrogen) atoms. The van der Waals surface area contributed by atoms with E-state index in [4.69, 9.17) is 4.99 Å². The minimum absolute atomic E-state index is 0.719. The highest BCUT2D eigenvalue weighted by molar-refractivity contribution is 7.99. The maximum Gasteiger partial charge on any atom is 0.193 e. The smallest absolute Gasteiger partial charge is 0.193 e. The molecule has 1 saturated heterocycles. The first-order chi connectivity index (χ1) is 13.6. The Bertz CT molecular complexity index is 784. The average molecular weight is 400 g/mol. The molecule has 1 aliphatic rings. The average Bonchev–Trinajstić information content (AvgIpc) is 3.26. The van der Waals surface area contributed by atoms with Crippen molar-refractivity contribution in [3.63, 3.8) is 0 Å². The Morgan fingerprint density at radius 3 is 2.75 bits per heavy atom. The van der Waals surface area contributed by atoms with E-state index in [1.54, 1.807) is 0 Å². The van der Waals surface area contributed by atoms with Crippen molar-refractivity contribution in [1.29, 1.82) is 0 Å². The Kier molecular flexibility index (Phi) is 7.43. The number of rotatable bonds is 7. The summed E-state index contributed by atoms with van der Waals surface area (Å²) in [6.07, 6.45) is 2.19. The van der Waals surface area contributed by atoms with Gasteiger partial charge in [0, 0.05) is 49.6 Å². The van der Waals surface area contributed by atoms with E-state index in [1.165, 1.54) is 28.3 Å². The highest BCUT2D eigenvalue weighted by atomic mass is 32.2. The molecular formula is C22H33N5S. The van der Waals surface area contributed by atoms with Gasteiger partial charge in [0.25, 0.3) is 0 Å². The molecule has 0 radical (unpaired) electrons. The molecule has 0 saturated carbocycles. The molecule has 0 amide bonds. The van der Waals surface area contributed by atoms with Crippen LogP contribution in [-0.2, 0) is 13.5 Å². The van der Waals surface area contributed by atoms with Crippen LogP contribution >= 0.6 is 11.8 Å². The van der Waals surface area contributed by atoms with E-state index in [1.807, 2.05) is 23.5 Å². The number of guanidine groups is 1. The fourth-order valence-electron chi connectivity index (χ4n) is 3.77. The molecule has 6 heteroatoms. The zero-order chi connectivity index (χ0) is 19.9. The van der Waals surface area contributed by atoms with Gasteiger partial charge in [-0.05, 0) is 57.2 Å². The van der Waals surface area contributed by atoms with E-state index in [0.29, 0.717) is 0 Å². The lowest BCUT2D eigenvalue weighted by atomic mass is 10.1. The fraction of sp³-hybridized carbons (Fsp3) is 0.545. The van der Waals surface area contributed by atoms with Crippen LogP contribution in [0.5, 0.6) is 0 Å². The van der Waals surface area contributed by atoms with Gasteiger partial charge in [0.2, 0.25) is 0 Å². The summed E-state index contributed by atoms with van der Waals surface area (Å²) in [5.41, 5.74) is 3.71. The molecule has 1 aromatic heterocycles. The van der Waals surface area contributed by atoms with Crippen molar-refractivity contribution >= 4 is 17.7 Å². The van der Waals surface area contributed by atoms with Crippen LogP contribution < -0.4 is 5.32 Å². The monoisotopic (exact) mass is 399 g/mol. The van der Waals surface area contributed by atoms with Crippen LogP contribution in [0, 0.1) is 19.8 Å². The van der Waals surface area contributed by atoms with E-state index < -0.39 is 0 Å². The maximum atomic E-state index is 4.92. The molecule has 1 unspecified atom stereocenters. The highest BCUT2D eigenvalue weighted by Gasteiger charge is 2.25. The van der Waals surface area contributed by atoms with Crippen molar-refractivity contribution in [2.75, 3.05) is 31.9 Å². The number of hydrogen-bond donors (Lipinski definition) is 1. The van der Waals surface area contributed by atoms with Gasteiger partial charge in [-0.25, -0.2) is 0 Å². The van der Waals surface area contributed by atoms with Crippen LogP contribution in [0.1, 0.15) is 30.3 Å². The summed E-state index contributed by atoms with van der Waals surface area (Å²) in [4.78, 5) is 8.72. The molecule has 2 heterocycles. The summed E-state index contributed by atoms with van der Waals surface area (Å²) < 4.78 is 1.97. The van der Waals surface area contributed by atoms with Crippen LogP contribution in [0.3, 0.4) is 0 Å². The van der Waals surface area contributed by atoms with Crippen molar-refractivity contribution in [2.45, 2.75) is 38.5 Å². The van der Waals surface area contributed by atoms with Crippen LogP contribution in [0.4, 0.5) is 0 Å². The normalized spacial score (nSPS) is 17.4. The van der Waals surface area contributed by atoms with E-state index in [2.05, 4.69) is 66.4 Å². The third-order valence-corrected chi connectivity index (χ3v) is 6.68. The molecule has 1 fully saturated rings. The SMILES string of the molecule is CCNC(=NCCc1c(C)nn(C)c1C)N1CCC(CSc2ccccc2)C1. The zero-order valence-corrected chi connectivity index (χ0v) is 18.4. The second kappa shape index (κ2) is 10.0. The molecule has 1 aromatic carbocycles. The minimum atomic E-state index is 0.719. The van der Waals surface area contributed by atoms with Gasteiger partial charge in [-0.3, -0.25) is 9.67 Å². The van der Waals surface area contributed by atoms with Crippen molar-refractivity contribution in [3.05, 3.63) is 47.3 Å². The highest BCUT2D eigenvalue weighted by Crippen LogP contribution is 2.26. The number of nitrogens with one attached hydrogen (secondary N) is 1. The lowest BCUT2D eigenvalue weighted by molar-refractivity contribution is 0.474. The van der Waals surface area contributed by atoms with Crippen molar-refractivity contribution in [3.8, 4) is 0 Å². The van der Waals surface area contributed by atoms with Gasteiger partial charge in [0.15, 0.2) is 5.96 Å². The standard InChI is InChI=1S/C22H33N5S/c1-5-23-22(24-13-11-21-17(2)25-26(4)18(21)3)27-14-12-19(15-27)16-28-20-9-7-6-8-10-20/h6-10,19H,5,11-16H2,1-4H3,(H,23,24). The first kappa shape index (κ1) is 20.8. The van der Waals surface area contributed by atoms with Gasteiger partial charge in [-0.2, -0.15) is 5.10 Å². The largest absolute Gasteiger partial charge is 0.357 e. The molecule has 0 aliphatic carbocycles. The quantitative estimate of drug-likeness (QED) is 0.438. The fourth-order valence-corrected chi connectivity index (χ4v) is 4.82. The predicted molar refractivity (Wildman–Crippen MR) is 119 cm³/mol. The summed E-state index contributed by atoms with van der Waals surface area (Å²) in [6, 6.07) is 10.7. The van der Waals surface area contributed by atoms with E-state index in [9.17, 15) is 0 Å². The summed E-state index contributed by atoms with van der Waals surface area (Å²) in [7, 11) is 2.01. The number of hydrogen-bond acceptors (Lipinski definition) is 3. The van der Waals surface area contributed by atoms with Crippen molar-refractivity contribution in [1.82, 2.24) is 20.0 Å². The Labute approximate surface area is 173 Å². The minimum Gasteiger partial charge on any atom is -0.357 e. The second-order valence-corrected chi connectivity index (χ2v) is 8.58. The Morgan fingerprint density at radius 2 is 2.07 bits per heavy atom. The number of aromatic nitrogens is 2. The maximum absolute atomic E-state index is 4.92. The Morgan fingerprint density at radius 1 is 1.29 bits per heavy atom. The first-order valence-corrected chi connectivity index (χ1v) is 11.3. The van der Waals surface area contributed by atoms with Crippen LogP contribution in [0.15, 0.2) is 40.2 Å². The molecule has 0 spiro atoms. The number of nitrogens with zero attached hydrogens (tertiary/aromatic N) is 4. The Balaban J connectivity index is 1.54. The van der Waals surface area contributed by atoms with E-state index >= 15 is 0 Å². The van der Waals surface area contributed by atoms with E-state index in [-0.39, 0.29) is 0 Å². The van der Waals surface area contributed by atoms with Gasteiger partial charge >= 0.3 is 0 Å². The predicted octanol–water partition coefficient (Wildman–Crippen LogP) is 3.66. The zero-order valence-electron chi connectivity index (χ0n) is 17.6. The van der Waals surface area contributed by atoms with Crippen LogP contribution in [-0.4, -0.2) is 52.6 Å². The van der Waals surface area contributed by atoms with E-state index in [0.717, 1.165) is 50.2 Å². The number of benzene rings is 1.